The van der Waals surface area contributed by atoms with E-state index in [0.717, 1.165) is 51.3 Å². The highest BCUT2D eigenvalue weighted by Gasteiger charge is 2.17. The Labute approximate surface area is 126 Å². The summed E-state index contributed by atoms with van der Waals surface area (Å²) in [7, 11) is 0. The summed E-state index contributed by atoms with van der Waals surface area (Å²) >= 11 is 0. The number of piperazine rings is 1. The van der Waals surface area contributed by atoms with Crippen LogP contribution in [0.1, 0.15) is 18.9 Å². The van der Waals surface area contributed by atoms with Crippen molar-refractivity contribution in [3.63, 3.8) is 0 Å². The summed E-state index contributed by atoms with van der Waals surface area (Å²) < 4.78 is 13.1. The molecule has 1 aromatic rings. The van der Waals surface area contributed by atoms with E-state index in [1.54, 1.807) is 12.1 Å². The van der Waals surface area contributed by atoms with Gasteiger partial charge in [0.15, 0.2) is 0 Å². The largest absolute Gasteiger partial charge is 0.392 e. The average molecular weight is 292 g/mol. The number of β-amino-alcohol motifs (C(OH)–C–C–N with tert-alkyl or cyclic N) is 1. The van der Waals surface area contributed by atoms with Crippen molar-refractivity contribution >= 4 is 6.08 Å². The maximum Gasteiger partial charge on any atom is 0.123 e. The molecule has 0 aliphatic carbocycles. The summed E-state index contributed by atoms with van der Waals surface area (Å²) in [5.41, 5.74) is 0.903. The molecule has 1 aliphatic heterocycles. The van der Waals surface area contributed by atoms with Crippen molar-refractivity contribution in [2.75, 3.05) is 39.3 Å². The summed E-state index contributed by atoms with van der Waals surface area (Å²) in [4.78, 5) is 4.70. The minimum Gasteiger partial charge on any atom is -0.392 e. The lowest BCUT2D eigenvalue weighted by Crippen LogP contribution is -2.48. The molecule has 0 spiro atoms. The Morgan fingerprint density at radius 3 is 2.62 bits per heavy atom. The molecule has 0 saturated carbocycles. The lowest BCUT2D eigenvalue weighted by Gasteiger charge is -2.35. The van der Waals surface area contributed by atoms with Gasteiger partial charge >= 0.3 is 0 Å². The molecule has 0 amide bonds. The van der Waals surface area contributed by atoms with Crippen LogP contribution in [0.4, 0.5) is 4.39 Å². The Morgan fingerprint density at radius 1 is 1.24 bits per heavy atom. The van der Waals surface area contributed by atoms with Crippen LogP contribution in [-0.4, -0.2) is 60.3 Å². The third-order valence-corrected chi connectivity index (χ3v) is 3.93. The van der Waals surface area contributed by atoms with E-state index in [4.69, 9.17) is 0 Å². The molecule has 1 fully saturated rings. The molecule has 1 atom stereocenters. The number of halogens is 1. The van der Waals surface area contributed by atoms with E-state index in [2.05, 4.69) is 15.9 Å². The van der Waals surface area contributed by atoms with Gasteiger partial charge in [0.05, 0.1) is 6.10 Å². The molecule has 3 nitrogen and oxygen atoms in total. The lowest BCUT2D eigenvalue weighted by atomic mass is 10.2. The lowest BCUT2D eigenvalue weighted by molar-refractivity contribution is 0.0747. The molecule has 21 heavy (non-hydrogen) atoms. The van der Waals surface area contributed by atoms with Crippen LogP contribution in [0.3, 0.4) is 0 Å². The van der Waals surface area contributed by atoms with Gasteiger partial charge in [0.2, 0.25) is 0 Å². The summed E-state index contributed by atoms with van der Waals surface area (Å²) in [5, 5.41) is 9.67. The van der Waals surface area contributed by atoms with Crippen molar-refractivity contribution in [1.29, 1.82) is 0 Å². The molecule has 1 aliphatic rings. The van der Waals surface area contributed by atoms with Gasteiger partial charge in [0.25, 0.3) is 0 Å². The fourth-order valence-corrected chi connectivity index (χ4v) is 2.53. The van der Waals surface area contributed by atoms with Gasteiger partial charge < -0.3 is 5.11 Å². The molecule has 1 saturated heterocycles. The van der Waals surface area contributed by atoms with Crippen molar-refractivity contribution in [2.24, 2.45) is 0 Å². The molecule has 1 aromatic carbocycles. The van der Waals surface area contributed by atoms with Crippen molar-refractivity contribution in [1.82, 2.24) is 9.80 Å². The third-order valence-electron chi connectivity index (χ3n) is 3.93. The second-order valence-electron chi connectivity index (χ2n) is 5.62. The first kappa shape index (κ1) is 16.1. The maximum atomic E-state index is 13.1. The van der Waals surface area contributed by atoms with Crippen LogP contribution in [0.25, 0.3) is 6.08 Å². The highest BCUT2D eigenvalue weighted by atomic mass is 19.1. The molecule has 1 heterocycles. The van der Waals surface area contributed by atoms with Gasteiger partial charge in [-0.15, -0.1) is 0 Å². The fraction of sp³-hybridized carbons (Fsp3) is 0.529. The summed E-state index contributed by atoms with van der Waals surface area (Å²) in [6.45, 7) is 7.73. The van der Waals surface area contributed by atoms with Crippen LogP contribution in [0, 0.1) is 5.82 Å². The summed E-state index contributed by atoms with van der Waals surface area (Å²) in [6.07, 6.45) is 4.67. The van der Waals surface area contributed by atoms with Crippen LogP contribution in [0.15, 0.2) is 30.3 Å². The first-order chi connectivity index (χ1) is 10.2. The first-order valence-corrected chi connectivity index (χ1v) is 7.72. The number of aliphatic hydroxyl groups is 1. The standard InChI is InChI=1S/C17H25FN2O/c1-2-17(21)14-20-11-9-19(10-12-20)8-4-6-15-5-3-7-16(18)13-15/h3-7,13,17,21H,2,8-12,14H2,1H3/b6-4+. The summed E-state index contributed by atoms with van der Waals surface area (Å²) in [6, 6.07) is 6.64. The molecule has 4 heteroatoms. The predicted octanol–water partition coefficient (Wildman–Crippen LogP) is 2.23. The van der Waals surface area contributed by atoms with Gasteiger partial charge in [-0.1, -0.05) is 31.2 Å². The fourth-order valence-electron chi connectivity index (χ4n) is 2.53. The van der Waals surface area contributed by atoms with E-state index < -0.39 is 0 Å². The normalized spacial score (nSPS) is 19.2. The number of hydrogen-bond acceptors (Lipinski definition) is 3. The van der Waals surface area contributed by atoms with E-state index in [-0.39, 0.29) is 11.9 Å². The van der Waals surface area contributed by atoms with Crippen LogP contribution >= 0.6 is 0 Å². The highest BCUT2D eigenvalue weighted by Crippen LogP contribution is 2.07. The average Bonchev–Trinajstić information content (AvgIpc) is 2.49. The Balaban J connectivity index is 1.71. The minimum absolute atomic E-state index is 0.194. The molecule has 116 valence electrons. The zero-order valence-corrected chi connectivity index (χ0v) is 12.7. The molecule has 1 N–H and O–H groups in total. The zero-order valence-electron chi connectivity index (χ0n) is 12.7. The Morgan fingerprint density at radius 2 is 1.95 bits per heavy atom. The van der Waals surface area contributed by atoms with Gasteiger partial charge in [-0.05, 0) is 24.1 Å². The van der Waals surface area contributed by atoms with E-state index >= 15 is 0 Å². The van der Waals surface area contributed by atoms with E-state index in [0.29, 0.717) is 0 Å². The topological polar surface area (TPSA) is 26.7 Å². The van der Waals surface area contributed by atoms with Crippen molar-refractivity contribution in [3.8, 4) is 0 Å². The second-order valence-corrected chi connectivity index (χ2v) is 5.62. The van der Waals surface area contributed by atoms with Crippen LogP contribution in [0.5, 0.6) is 0 Å². The molecule has 0 aromatic heterocycles. The molecule has 1 unspecified atom stereocenters. The van der Waals surface area contributed by atoms with Crippen LogP contribution in [-0.2, 0) is 0 Å². The molecule has 2 rings (SSSR count). The first-order valence-electron chi connectivity index (χ1n) is 7.72. The van der Waals surface area contributed by atoms with Crippen molar-refractivity contribution in [3.05, 3.63) is 41.7 Å². The van der Waals surface area contributed by atoms with Gasteiger partial charge in [0.1, 0.15) is 5.82 Å². The highest BCUT2D eigenvalue weighted by molar-refractivity contribution is 5.49. The summed E-state index contributed by atoms with van der Waals surface area (Å²) in [5.74, 6) is -0.194. The zero-order chi connectivity index (χ0) is 15.1. The van der Waals surface area contributed by atoms with Gasteiger partial charge in [-0.2, -0.15) is 0 Å². The van der Waals surface area contributed by atoms with Gasteiger partial charge in [-0.3, -0.25) is 9.80 Å². The molecular weight excluding hydrogens is 267 g/mol. The number of hydrogen-bond donors (Lipinski definition) is 1. The van der Waals surface area contributed by atoms with Crippen LogP contribution < -0.4 is 0 Å². The number of aliphatic hydroxyl groups excluding tert-OH is 1. The minimum atomic E-state index is -0.204. The van der Waals surface area contributed by atoms with E-state index in [9.17, 15) is 9.50 Å². The van der Waals surface area contributed by atoms with Crippen LogP contribution in [0.2, 0.25) is 0 Å². The Bertz CT molecular complexity index is 456. The smallest absolute Gasteiger partial charge is 0.123 e. The molecular formula is C17H25FN2O. The molecule has 0 radical (unpaired) electrons. The second kappa shape index (κ2) is 8.27. The maximum absolute atomic E-state index is 13.1. The van der Waals surface area contributed by atoms with Gasteiger partial charge in [0, 0.05) is 39.3 Å². The number of benzene rings is 1. The Kier molecular flexibility index (Phi) is 6.36. The number of nitrogens with zero attached hydrogens (tertiary/aromatic N) is 2. The Hall–Kier alpha value is -1.23. The van der Waals surface area contributed by atoms with E-state index in [1.165, 1.54) is 6.07 Å². The molecule has 0 bridgehead atoms. The third kappa shape index (κ3) is 5.58. The van der Waals surface area contributed by atoms with E-state index in [1.807, 2.05) is 19.1 Å². The predicted molar refractivity (Wildman–Crippen MR) is 84.6 cm³/mol. The van der Waals surface area contributed by atoms with Crippen molar-refractivity contribution in [2.45, 2.75) is 19.4 Å². The van der Waals surface area contributed by atoms with Gasteiger partial charge in [-0.25, -0.2) is 4.39 Å². The van der Waals surface area contributed by atoms with Crippen molar-refractivity contribution < 1.29 is 9.50 Å². The number of rotatable bonds is 6. The monoisotopic (exact) mass is 292 g/mol. The quantitative estimate of drug-likeness (QED) is 0.871. The SMILES string of the molecule is CCC(O)CN1CCN(C/C=C/c2cccc(F)c2)CC1.